The van der Waals surface area contributed by atoms with Gasteiger partial charge in [0.1, 0.15) is 24.8 Å². The molecular formula is C30H30FN5O3. The zero-order valence-electron chi connectivity index (χ0n) is 22.3. The molecule has 200 valence electrons. The average Bonchev–Trinajstić information content (AvgIpc) is 3.37. The molecule has 1 aliphatic heterocycles. The summed E-state index contributed by atoms with van der Waals surface area (Å²) in [7, 11) is 0. The van der Waals surface area contributed by atoms with Crippen molar-refractivity contribution < 1.29 is 18.7 Å². The minimum Gasteiger partial charge on any atom is -0.490 e. The molecule has 2 N–H and O–H groups in total. The summed E-state index contributed by atoms with van der Waals surface area (Å²) in [4.78, 5) is 18.1. The van der Waals surface area contributed by atoms with Crippen molar-refractivity contribution >= 4 is 17.5 Å². The average molecular weight is 528 g/mol. The lowest BCUT2D eigenvalue weighted by molar-refractivity contribution is -0.113. The molecule has 0 aliphatic carbocycles. The summed E-state index contributed by atoms with van der Waals surface area (Å²) in [6, 6.07) is 17.3. The molecule has 0 fully saturated rings. The van der Waals surface area contributed by atoms with Crippen LogP contribution < -0.4 is 20.1 Å². The van der Waals surface area contributed by atoms with E-state index in [0.717, 1.165) is 22.4 Å². The first-order valence-corrected chi connectivity index (χ1v) is 12.7. The van der Waals surface area contributed by atoms with Gasteiger partial charge in [-0.25, -0.2) is 9.07 Å². The van der Waals surface area contributed by atoms with Crippen molar-refractivity contribution in [3.8, 4) is 11.5 Å². The quantitative estimate of drug-likeness (QED) is 0.295. The summed E-state index contributed by atoms with van der Waals surface area (Å²) in [5.41, 5.74) is 5.19. The maximum atomic E-state index is 14.1. The third-order valence-electron chi connectivity index (χ3n) is 6.59. The van der Waals surface area contributed by atoms with Crippen molar-refractivity contribution in [2.45, 2.75) is 40.3 Å². The first-order valence-electron chi connectivity index (χ1n) is 12.7. The number of ether oxygens (including phenoxy) is 2. The third kappa shape index (κ3) is 5.34. The second-order valence-electron chi connectivity index (χ2n) is 9.39. The summed E-state index contributed by atoms with van der Waals surface area (Å²) in [6.07, 6.45) is 1.45. The fraction of sp³-hybridized carbons (Fsp3) is 0.233. The van der Waals surface area contributed by atoms with E-state index in [-0.39, 0.29) is 18.3 Å². The Morgan fingerprint density at radius 1 is 1.05 bits per heavy atom. The van der Waals surface area contributed by atoms with E-state index < -0.39 is 6.04 Å². The fourth-order valence-corrected chi connectivity index (χ4v) is 4.69. The van der Waals surface area contributed by atoms with Crippen LogP contribution >= 0.6 is 0 Å². The van der Waals surface area contributed by atoms with E-state index in [1.807, 2.05) is 58.0 Å². The van der Waals surface area contributed by atoms with Crippen LogP contribution in [0.1, 0.15) is 42.1 Å². The smallest absolute Gasteiger partial charge is 0.255 e. The van der Waals surface area contributed by atoms with Gasteiger partial charge in [-0.1, -0.05) is 42.0 Å². The summed E-state index contributed by atoms with van der Waals surface area (Å²) >= 11 is 0. The number of fused-ring (bicyclic) bond motifs is 1. The molecule has 8 nitrogen and oxygen atoms in total. The van der Waals surface area contributed by atoms with Crippen LogP contribution in [0.3, 0.4) is 0 Å². The minimum absolute atomic E-state index is 0.0508. The summed E-state index contributed by atoms with van der Waals surface area (Å²) in [5, 5.41) is 10.7. The molecule has 0 unspecified atom stereocenters. The van der Waals surface area contributed by atoms with Gasteiger partial charge in [0.2, 0.25) is 5.95 Å². The second kappa shape index (κ2) is 11.0. The first kappa shape index (κ1) is 26.0. The van der Waals surface area contributed by atoms with Gasteiger partial charge >= 0.3 is 0 Å². The molecule has 0 bridgehead atoms. The van der Waals surface area contributed by atoms with Crippen molar-refractivity contribution in [1.82, 2.24) is 14.8 Å². The van der Waals surface area contributed by atoms with Gasteiger partial charge in [0.15, 0.2) is 11.5 Å². The Balaban J connectivity index is 1.50. The molecule has 5 rings (SSSR count). The van der Waals surface area contributed by atoms with E-state index in [1.165, 1.54) is 12.4 Å². The Kier molecular flexibility index (Phi) is 7.31. The Hall–Kier alpha value is -4.66. The third-order valence-corrected chi connectivity index (χ3v) is 6.59. The summed E-state index contributed by atoms with van der Waals surface area (Å²) < 4.78 is 27.7. The highest BCUT2D eigenvalue weighted by atomic mass is 19.1. The number of anilines is 2. The van der Waals surface area contributed by atoms with Crippen LogP contribution in [0.15, 0.2) is 78.3 Å². The molecule has 1 amide bonds. The molecule has 1 aromatic heterocycles. The predicted molar refractivity (Wildman–Crippen MR) is 147 cm³/mol. The number of aromatic nitrogens is 3. The lowest BCUT2D eigenvalue weighted by atomic mass is 9.94. The van der Waals surface area contributed by atoms with E-state index in [1.54, 1.807) is 28.9 Å². The number of rotatable bonds is 8. The Bertz CT molecular complexity index is 1560. The van der Waals surface area contributed by atoms with Crippen molar-refractivity contribution in [1.29, 1.82) is 0 Å². The lowest BCUT2D eigenvalue weighted by Gasteiger charge is -2.29. The van der Waals surface area contributed by atoms with Gasteiger partial charge in [-0.2, -0.15) is 10.1 Å². The molecule has 2 heterocycles. The Morgan fingerprint density at radius 2 is 1.87 bits per heavy atom. The van der Waals surface area contributed by atoms with Crippen LogP contribution in [0.5, 0.6) is 11.5 Å². The van der Waals surface area contributed by atoms with Crippen LogP contribution in [-0.2, 0) is 11.4 Å². The molecule has 0 spiro atoms. The van der Waals surface area contributed by atoms with Gasteiger partial charge in [0.25, 0.3) is 5.91 Å². The number of hydrogen-bond donors (Lipinski definition) is 2. The van der Waals surface area contributed by atoms with Crippen LogP contribution in [0, 0.1) is 19.7 Å². The number of carbonyl (C=O) groups excluding carboxylic acids is 1. The number of nitrogens with zero attached hydrogens (tertiary/aromatic N) is 3. The molecule has 3 aromatic carbocycles. The van der Waals surface area contributed by atoms with Gasteiger partial charge in [0, 0.05) is 16.9 Å². The normalized spacial score (nSPS) is 14.4. The number of amides is 1. The predicted octanol–water partition coefficient (Wildman–Crippen LogP) is 5.94. The van der Waals surface area contributed by atoms with Crippen molar-refractivity contribution in [2.75, 3.05) is 17.2 Å². The van der Waals surface area contributed by atoms with Gasteiger partial charge in [-0.15, -0.1) is 0 Å². The lowest BCUT2D eigenvalue weighted by Crippen LogP contribution is -2.31. The maximum Gasteiger partial charge on any atom is 0.255 e. The molecule has 0 saturated carbocycles. The molecule has 4 aromatic rings. The van der Waals surface area contributed by atoms with E-state index in [4.69, 9.17) is 9.47 Å². The summed E-state index contributed by atoms with van der Waals surface area (Å²) in [5.74, 6) is 0.895. The molecular weight excluding hydrogens is 497 g/mol. The molecule has 1 atom stereocenters. The van der Waals surface area contributed by atoms with E-state index in [0.29, 0.717) is 40.9 Å². The Labute approximate surface area is 226 Å². The van der Waals surface area contributed by atoms with Crippen molar-refractivity contribution in [3.05, 3.63) is 106 Å². The van der Waals surface area contributed by atoms with Crippen LogP contribution in [0.25, 0.3) is 0 Å². The van der Waals surface area contributed by atoms with Crippen LogP contribution in [0.4, 0.5) is 16.0 Å². The largest absolute Gasteiger partial charge is 0.490 e. The van der Waals surface area contributed by atoms with Gasteiger partial charge < -0.3 is 20.1 Å². The summed E-state index contributed by atoms with van der Waals surface area (Å²) in [6.45, 7) is 8.14. The highest BCUT2D eigenvalue weighted by Gasteiger charge is 2.34. The second-order valence-corrected chi connectivity index (χ2v) is 9.39. The SMILES string of the molecule is CCOc1cc([C@@H]2C(C(=O)Nc3ccc(C)cc3C)=C(C)Nc3ncnn32)ccc1OCc1ccccc1F. The van der Waals surface area contributed by atoms with Crippen LogP contribution in [0.2, 0.25) is 0 Å². The number of hydrogen-bond acceptors (Lipinski definition) is 6. The van der Waals surface area contributed by atoms with Crippen molar-refractivity contribution in [2.24, 2.45) is 0 Å². The van der Waals surface area contributed by atoms with Gasteiger partial charge in [-0.3, -0.25) is 4.79 Å². The number of carbonyl (C=O) groups is 1. The molecule has 1 aliphatic rings. The maximum absolute atomic E-state index is 14.1. The standard InChI is InChI=1S/C30H30FN5O3/c1-5-38-26-15-21(11-13-25(26)39-16-22-8-6-7-9-23(22)31)28-27(20(4)34-30-32-17-33-36(28)30)29(37)35-24-12-10-18(2)14-19(24)3/h6-15,17,28H,5,16H2,1-4H3,(H,35,37)(H,32,33,34)/t28-/m1/s1. The number of allylic oxidation sites excluding steroid dienone is 1. The van der Waals surface area contributed by atoms with Crippen LogP contribution in [-0.4, -0.2) is 27.3 Å². The molecule has 0 saturated heterocycles. The molecule has 0 radical (unpaired) electrons. The highest BCUT2D eigenvalue weighted by molar-refractivity contribution is 6.06. The monoisotopic (exact) mass is 527 g/mol. The van der Waals surface area contributed by atoms with Crippen molar-refractivity contribution in [3.63, 3.8) is 0 Å². The number of nitrogens with one attached hydrogen (secondary N) is 2. The molecule has 9 heteroatoms. The highest BCUT2D eigenvalue weighted by Crippen LogP contribution is 2.39. The topological polar surface area (TPSA) is 90.3 Å². The molecule has 39 heavy (non-hydrogen) atoms. The van der Waals surface area contributed by atoms with E-state index in [9.17, 15) is 9.18 Å². The Morgan fingerprint density at radius 3 is 2.64 bits per heavy atom. The number of halogens is 1. The van der Waals surface area contributed by atoms with E-state index >= 15 is 0 Å². The minimum atomic E-state index is -0.575. The zero-order chi connectivity index (χ0) is 27.5. The van der Waals surface area contributed by atoms with E-state index in [2.05, 4.69) is 20.7 Å². The zero-order valence-corrected chi connectivity index (χ0v) is 22.3. The first-order chi connectivity index (χ1) is 18.9. The number of aryl methyl sites for hydroxylation is 2. The van der Waals surface area contributed by atoms with Gasteiger partial charge in [0.05, 0.1) is 12.2 Å². The fourth-order valence-electron chi connectivity index (χ4n) is 4.69. The number of benzene rings is 3. The van der Waals surface area contributed by atoms with Gasteiger partial charge in [-0.05, 0) is 63.1 Å².